The zero-order valence-electron chi connectivity index (χ0n) is 7.19. The van der Waals surface area contributed by atoms with Crippen LogP contribution in [0.3, 0.4) is 0 Å². The molecule has 1 aliphatic carbocycles. The van der Waals surface area contributed by atoms with Crippen molar-refractivity contribution in [2.45, 2.75) is 30.9 Å². The Labute approximate surface area is 73.1 Å². The second-order valence-corrected chi connectivity index (χ2v) is 5.83. The van der Waals surface area contributed by atoms with Crippen LogP contribution in [0.25, 0.3) is 0 Å². The van der Waals surface area contributed by atoms with Gasteiger partial charge in [-0.3, -0.25) is 0 Å². The van der Waals surface area contributed by atoms with Crippen molar-refractivity contribution in [2.24, 2.45) is 5.92 Å². The third-order valence-corrected chi connectivity index (χ3v) is 4.20. The van der Waals surface area contributed by atoms with E-state index in [1.165, 1.54) is 6.26 Å². The molecule has 12 heavy (non-hydrogen) atoms. The fraction of sp³-hybridized carbons (Fsp3) is 0.875. The predicted molar refractivity (Wildman–Crippen MR) is 46.7 cm³/mol. The summed E-state index contributed by atoms with van der Waals surface area (Å²) in [7, 11) is -2.87. The highest BCUT2D eigenvalue weighted by Crippen LogP contribution is 2.26. The first-order valence-corrected chi connectivity index (χ1v) is 6.13. The van der Waals surface area contributed by atoms with E-state index in [0.29, 0.717) is 12.8 Å². The predicted octanol–water partition coefficient (Wildman–Crippen LogP) is 0.789. The monoisotopic (exact) mass is 190 g/mol. The zero-order chi connectivity index (χ0) is 9.19. The summed E-state index contributed by atoms with van der Waals surface area (Å²) in [6.45, 7) is 0. The number of aldehydes is 1. The normalized spacial score (nSPS) is 31.4. The Balaban J connectivity index is 2.52. The van der Waals surface area contributed by atoms with E-state index in [1.807, 2.05) is 0 Å². The third-order valence-electron chi connectivity index (χ3n) is 2.52. The van der Waals surface area contributed by atoms with E-state index in [9.17, 15) is 13.2 Å². The van der Waals surface area contributed by atoms with E-state index < -0.39 is 9.84 Å². The van der Waals surface area contributed by atoms with Crippen LogP contribution in [-0.2, 0) is 14.6 Å². The lowest BCUT2D eigenvalue weighted by atomic mass is 9.90. The highest BCUT2D eigenvalue weighted by molar-refractivity contribution is 7.91. The number of carbonyl (C=O) groups excluding carboxylic acids is 1. The molecule has 0 unspecified atom stereocenters. The molecular weight excluding hydrogens is 176 g/mol. The van der Waals surface area contributed by atoms with Gasteiger partial charge in [-0.1, -0.05) is 0 Å². The summed E-state index contributed by atoms with van der Waals surface area (Å²) in [6, 6.07) is 0. The van der Waals surface area contributed by atoms with Gasteiger partial charge in [0.1, 0.15) is 16.1 Å². The van der Waals surface area contributed by atoms with Crippen LogP contribution >= 0.6 is 0 Å². The van der Waals surface area contributed by atoms with Crippen LogP contribution in [0, 0.1) is 5.92 Å². The zero-order valence-corrected chi connectivity index (χ0v) is 8.01. The van der Waals surface area contributed by atoms with Gasteiger partial charge in [-0.15, -0.1) is 0 Å². The summed E-state index contributed by atoms with van der Waals surface area (Å²) in [5, 5.41) is -0.200. The van der Waals surface area contributed by atoms with Gasteiger partial charge in [-0.2, -0.15) is 0 Å². The Morgan fingerprint density at radius 3 is 2.00 bits per heavy atom. The molecule has 0 aliphatic heterocycles. The van der Waals surface area contributed by atoms with Gasteiger partial charge >= 0.3 is 0 Å². The number of sulfone groups is 1. The molecule has 0 aromatic carbocycles. The molecule has 0 bridgehead atoms. The topological polar surface area (TPSA) is 51.2 Å². The fourth-order valence-electron chi connectivity index (χ4n) is 1.65. The van der Waals surface area contributed by atoms with Gasteiger partial charge in [0.05, 0.1) is 5.25 Å². The van der Waals surface area contributed by atoms with Crippen LogP contribution in [0.2, 0.25) is 0 Å². The maximum Gasteiger partial charge on any atom is 0.150 e. The van der Waals surface area contributed by atoms with E-state index in [0.717, 1.165) is 19.1 Å². The lowest BCUT2D eigenvalue weighted by Gasteiger charge is -2.23. The SMILES string of the molecule is CS(=O)(=O)C1CCC(C=O)CC1. The summed E-state index contributed by atoms with van der Waals surface area (Å²) >= 11 is 0. The molecule has 1 fully saturated rings. The molecule has 0 heterocycles. The molecule has 70 valence electrons. The maximum atomic E-state index is 11.1. The number of hydrogen-bond donors (Lipinski definition) is 0. The summed E-state index contributed by atoms with van der Waals surface area (Å²) in [5.41, 5.74) is 0. The van der Waals surface area contributed by atoms with Crippen LogP contribution < -0.4 is 0 Å². The average molecular weight is 190 g/mol. The highest BCUT2D eigenvalue weighted by Gasteiger charge is 2.27. The Hall–Kier alpha value is -0.380. The minimum Gasteiger partial charge on any atom is -0.303 e. The van der Waals surface area contributed by atoms with Crippen LogP contribution in [0.4, 0.5) is 0 Å². The van der Waals surface area contributed by atoms with E-state index >= 15 is 0 Å². The van der Waals surface area contributed by atoms with Crippen LogP contribution in [0.1, 0.15) is 25.7 Å². The largest absolute Gasteiger partial charge is 0.303 e. The summed E-state index contributed by atoms with van der Waals surface area (Å²) in [6.07, 6.45) is 5.00. The van der Waals surface area contributed by atoms with E-state index in [2.05, 4.69) is 0 Å². The quantitative estimate of drug-likeness (QED) is 0.605. The Bertz CT molecular complexity index is 247. The van der Waals surface area contributed by atoms with Crippen LogP contribution in [-0.4, -0.2) is 26.2 Å². The minimum atomic E-state index is -2.87. The summed E-state index contributed by atoms with van der Waals surface area (Å²) in [5.74, 6) is 0.1000. The van der Waals surface area contributed by atoms with Crippen molar-refractivity contribution in [3.8, 4) is 0 Å². The molecule has 0 N–H and O–H groups in total. The number of rotatable bonds is 2. The highest BCUT2D eigenvalue weighted by atomic mass is 32.2. The van der Waals surface area contributed by atoms with Gasteiger partial charge in [-0.05, 0) is 25.7 Å². The van der Waals surface area contributed by atoms with Crippen molar-refractivity contribution in [1.82, 2.24) is 0 Å². The maximum absolute atomic E-state index is 11.1. The second kappa shape index (κ2) is 3.56. The van der Waals surface area contributed by atoms with Crippen molar-refractivity contribution < 1.29 is 13.2 Å². The number of hydrogen-bond acceptors (Lipinski definition) is 3. The first kappa shape index (κ1) is 9.71. The van der Waals surface area contributed by atoms with E-state index in [-0.39, 0.29) is 11.2 Å². The molecule has 0 saturated heterocycles. The molecule has 0 atom stereocenters. The van der Waals surface area contributed by atoms with Crippen molar-refractivity contribution in [2.75, 3.05) is 6.26 Å². The molecule has 3 nitrogen and oxygen atoms in total. The third kappa shape index (κ3) is 2.30. The molecule has 1 aliphatic rings. The minimum absolute atomic E-state index is 0.1000. The van der Waals surface area contributed by atoms with Gasteiger partial charge in [0.2, 0.25) is 0 Å². The van der Waals surface area contributed by atoms with Gasteiger partial charge in [0.15, 0.2) is 0 Å². The Morgan fingerprint density at radius 1 is 1.17 bits per heavy atom. The molecule has 1 rings (SSSR count). The van der Waals surface area contributed by atoms with Crippen molar-refractivity contribution in [3.05, 3.63) is 0 Å². The van der Waals surface area contributed by atoms with Gasteiger partial charge in [0.25, 0.3) is 0 Å². The van der Waals surface area contributed by atoms with E-state index in [1.54, 1.807) is 0 Å². The van der Waals surface area contributed by atoms with Crippen molar-refractivity contribution in [1.29, 1.82) is 0 Å². The second-order valence-electron chi connectivity index (χ2n) is 3.50. The average Bonchev–Trinajstić information content (AvgIpc) is 2.03. The van der Waals surface area contributed by atoms with Crippen molar-refractivity contribution in [3.63, 3.8) is 0 Å². The van der Waals surface area contributed by atoms with Gasteiger partial charge in [0, 0.05) is 12.2 Å². The fourth-order valence-corrected chi connectivity index (χ4v) is 2.78. The lowest BCUT2D eigenvalue weighted by Crippen LogP contribution is -2.26. The molecule has 0 aromatic rings. The lowest BCUT2D eigenvalue weighted by molar-refractivity contribution is -0.111. The molecule has 1 saturated carbocycles. The molecule has 0 spiro atoms. The molecule has 4 heteroatoms. The molecular formula is C8H14O3S. The smallest absolute Gasteiger partial charge is 0.150 e. The molecule has 0 aromatic heterocycles. The Morgan fingerprint density at radius 2 is 1.67 bits per heavy atom. The molecule has 0 radical (unpaired) electrons. The first-order chi connectivity index (χ1) is 5.54. The summed E-state index contributed by atoms with van der Waals surface area (Å²) < 4.78 is 22.2. The summed E-state index contributed by atoms with van der Waals surface area (Å²) in [4.78, 5) is 10.4. The standard InChI is InChI=1S/C8H14O3S/c1-12(10,11)8-4-2-7(6-9)3-5-8/h6-8H,2-5H2,1H3. The van der Waals surface area contributed by atoms with Crippen LogP contribution in [0.15, 0.2) is 0 Å². The van der Waals surface area contributed by atoms with E-state index in [4.69, 9.17) is 0 Å². The van der Waals surface area contributed by atoms with Gasteiger partial charge in [-0.25, -0.2) is 8.42 Å². The van der Waals surface area contributed by atoms with Gasteiger partial charge < -0.3 is 4.79 Å². The Kier molecular flexibility index (Phi) is 2.88. The molecule has 0 amide bonds. The number of carbonyl (C=O) groups is 1. The van der Waals surface area contributed by atoms with Crippen molar-refractivity contribution >= 4 is 16.1 Å². The first-order valence-electron chi connectivity index (χ1n) is 4.18. The van der Waals surface area contributed by atoms with Crippen LogP contribution in [0.5, 0.6) is 0 Å².